The molecule has 3 N–H and O–H groups in total. The van der Waals surface area contributed by atoms with Gasteiger partial charge in [-0.2, -0.15) is 0 Å². The van der Waals surface area contributed by atoms with Gasteiger partial charge in [-0.15, -0.1) is 11.3 Å². The number of nitrogens with one attached hydrogen (secondary N) is 3. The maximum atomic E-state index is 12.8. The third-order valence-corrected chi connectivity index (χ3v) is 5.36. The van der Waals surface area contributed by atoms with Crippen LogP contribution in [-0.2, 0) is 15.0 Å². The standard InChI is InChI=1S/C24H26N4O3S/c1-14(29)25-19-10-17(11-20(12-19)26-15(2)30)22(31)28-23-27-21(13-32-23)16-6-8-18(9-7-16)24(3,4)5/h6-13H,1-5H3,(H,25,29)(H,26,30)(H,27,28,31). The van der Waals surface area contributed by atoms with Gasteiger partial charge >= 0.3 is 0 Å². The van der Waals surface area contributed by atoms with E-state index >= 15 is 0 Å². The van der Waals surface area contributed by atoms with Crippen molar-refractivity contribution in [1.29, 1.82) is 0 Å². The Morgan fingerprint density at radius 2 is 1.41 bits per heavy atom. The Hall–Kier alpha value is -3.52. The average molecular weight is 451 g/mol. The SMILES string of the molecule is CC(=O)Nc1cc(NC(C)=O)cc(C(=O)Nc2nc(-c3ccc(C(C)(C)C)cc3)cs2)c1. The number of benzene rings is 2. The number of carbonyl (C=O) groups excluding carboxylic acids is 3. The minimum absolute atomic E-state index is 0.0711. The molecule has 8 heteroatoms. The third kappa shape index (κ3) is 6.01. The largest absolute Gasteiger partial charge is 0.326 e. The van der Waals surface area contributed by atoms with Crippen molar-refractivity contribution in [2.75, 3.05) is 16.0 Å². The second-order valence-corrected chi connectivity index (χ2v) is 9.34. The van der Waals surface area contributed by atoms with Gasteiger partial charge in [0.25, 0.3) is 5.91 Å². The zero-order valence-electron chi connectivity index (χ0n) is 18.7. The molecule has 32 heavy (non-hydrogen) atoms. The van der Waals surface area contributed by atoms with Crippen molar-refractivity contribution in [3.8, 4) is 11.3 Å². The molecule has 0 radical (unpaired) electrons. The van der Waals surface area contributed by atoms with Crippen LogP contribution in [0.15, 0.2) is 47.8 Å². The molecule has 0 bridgehead atoms. The zero-order valence-corrected chi connectivity index (χ0v) is 19.5. The summed E-state index contributed by atoms with van der Waals surface area (Å²) in [6.45, 7) is 9.23. The van der Waals surface area contributed by atoms with E-state index in [9.17, 15) is 14.4 Å². The van der Waals surface area contributed by atoms with Gasteiger partial charge in [0, 0.05) is 41.7 Å². The van der Waals surface area contributed by atoms with Gasteiger partial charge in [0.2, 0.25) is 11.8 Å². The van der Waals surface area contributed by atoms with Crippen LogP contribution in [0.25, 0.3) is 11.3 Å². The first-order chi connectivity index (χ1) is 15.0. The molecule has 0 aliphatic rings. The molecule has 3 aromatic rings. The number of rotatable bonds is 5. The summed E-state index contributed by atoms with van der Waals surface area (Å²) in [7, 11) is 0. The fourth-order valence-electron chi connectivity index (χ4n) is 3.08. The number of nitrogens with zero attached hydrogens (tertiary/aromatic N) is 1. The average Bonchev–Trinajstić information content (AvgIpc) is 3.14. The van der Waals surface area contributed by atoms with Gasteiger partial charge in [-0.3, -0.25) is 19.7 Å². The van der Waals surface area contributed by atoms with Crippen molar-refractivity contribution < 1.29 is 14.4 Å². The van der Waals surface area contributed by atoms with Gasteiger partial charge in [-0.05, 0) is 29.2 Å². The van der Waals surface area contributed by atoms with E-state index in [0.29, 0.717) is 16.5 Å². The fourth-order valence-corrected chi connectivity index (χ4v) is 3.80. The predicted molar refractivity (Wildman–Crippen MR) is 129 cm³/mol. The molecule has 1 heterocycles. The van der Waals surface area contributed by atoms with Crippen LogP contribution in [0.2, 0.25) is 0 Å². The number of hydrogen-bond acceptors (Lipinski definition) is 5. The predicted octanol–water partition coefficient (Wildman–Crippen LogP) is 5.28. The molecule has 0 aliphatic heterocycles. The molecule has 7 nitrogen and oxygen atoms in total. The Morgan fingerprint density at radius 3 is 1.91 bits per heavy atom. The van der Waals surface area contributed by atoms with E-state index in [-0.39, 0.29) is 22.8 Å². The van der Waals surface area contributed by atoms with Crippen molar-refractivity contribution in [1.82, 2.24) is 4.98 Å². The lowest BCUT2D eigenvalue weighted by molar-refractivity contribution is -0.115. The zero-order chi connectivity index (χ0) is 23.5. The molecule has 0 aliphatic carbocycles. The van der Waals surface area contributed by atoms with Gasteiger partial charge in [0.1, 0.15) is 0 Å². The number of anilines is 3. The van der Waals surface area contributed by atoms with Crippen LogP contribution in [0.1, 0.15) is 50.5 Å². The number of hydrogen-bond donors (Lipinski definition) is 3. The number of carbonyl (C=O) groups is 3. The minimum Gasteiger partial charge on any atom is -0.326 e. The van der Waals surface area contributed by atoms with Crippen LogP contribution in [0, 0.1) is 0 Å². The first-order valence-electron chi connectivity index (χ1n) is 10.1. The fraction of sp³-hybridized carbons (Fsp3) is 0.250. The quantitative estimate of drug-likeness (QED) is 0.492. The lowest BCUT2D eigenvalue weighted by atomic mass is 9.86. The second kappa shape index (κ2) is 9.32. The molecule has 0 saturated carbocycles. The molecule has 0 saturated heterocycles. The van der Waals surface area contributed by atoms with Crippen LogP contribution in [-0.4, -0.2) is 22.7 Å². The van der Waals surface area contributed by atoms with Crippen LogP contribution in [0.5, 0.6) is 0 Å². The molecular formula is C24H26N4O3S. The van der Waals surface area contributed by atoms with E-state index in [1.807, 2.05) is 17.5 Å². The van der Waals surface area contributed by atoms with E-state index in [1.165, 1.54) is 30.7 Å². The molecule has 1 aromatic heterocycles. The van der Waals surface area contributed by atoms with Gasteiger partial charge in [0.15, 0.2) is 5.13 Å². The maximum Gasteiger partial charge on any atom is 0.257 e. The van der Waals surface area contributed by atoms with Gasteiger partial charge in [-0.1, -0.05) is 45.0 Å². The summed E-state index contributed by atoms with van der Waals surface area (Å²) in [5, 5.41) is 10.4. The van der Waals surface area contributed by atoms with E-state index in [1.54, 1.807) is 18.2 Å². The number of amides is 3. The van der Waals surface area contributed by atoms with Crippen LogP contribution >= 0.6 is 11.3 Å². The molecule has 0 spiro atoms. The Kier molecular flexibility index (Phi) is 6.74. The van der Waals surface area contributed by atoms with E-state index in [2.05, 4.69) is 53.8 Å². The molecule has 0 fully saturated rings. The molecule has 166 valence electrons. The molecule has 0 atom stereocenters. The van der Waals surface area contributed by atoms with Crippen molar-refractivity contribution >= 4 is 45.6 Å². The number of thiazole rings is 1. The Bertz CT molecular complexity index is 1130. The minimum atomic E-state index is -0.396. The highest BCUT2D eigenvalue weighted by Crippen LogP contribution is 2.29. The highest BCUT2D eigenvalue weighted by molar-refractivity contribution is 7.14. The smallest absolute Gasteiger partial charge is 0.257 e. The van der Waals surface area contributed by atoms with E-state index < -0.39 is 5.91 Å². The third-order valence-electron chi connectivity index (χ3n) is 4.61. The van der Waals surface area contributed by atoms with Crippen molar-refractivity contribution in [3.63, 3.8) is 0 Å². The Balaban J connectivity index is 1.79. The Morgan fingerprint density at radius 1 is 0.844 bits per heavy atom. The van der Waals surface area contributed by atoms with Crippen LogP contribution in [0.3, 0.4) is 0 Å². The second-order valence-electron chi connectivity index (χ2n) is 8.48. The summed E-state index contributed by atoms with van der Waals surface area (Å²) in [4.78, 5) is 40.2. The van der Waals surface area contributed by atoms with Crippen LogP contribution < -0.4 is 16.0 Å². The lowest BCUT2D eigenvalue weighted by Gasteiger charge is -2.18. The summed E-state index contributed by atoms with van der Waals surface area (Å²) in [6.07, 6.45) is 0. The normalized spacial score (nSPS) is 11.0. The summed E-state index contributed by atoms with van der Waals surface area (Å²) in [5.74, 6) is -0.954. The topological polar surface area (TPSA) is 100 Å². The summed E-state index contributed by atoms with van der Waals surface area (Å²) >= 11 is 1.32. The van der Waals surface area contributed by atoms with E-state index in [4.69, 9.17) is 0 Å². The Labute approximate surface area is 191 Å². The summed E-state index contributed by atoms with van der Waals surface area (Å²) < 4.78 is 0. The van der Waals surface area contributed by atoms with Crippen molar-refractivity contribution in [2.24, 2.45) is 0 Å². The summed E-state index contributed by atoms with van der Waals surface area (Å²) in [6, 6.07) is 12.9. The van der Waals surface area contributed by atoms with Crippen molar-refractivity contribution in [2.45, 2.75) is 40.0 Å². The molecule has 2 aromatic carbocycles. The first kappa shape index (κ1) is 23.1. The number of aromatic nitrogens is 1. The molecule has 3 rings (SSSR count). The van der Waals surface area contributed by atoms with Gasteiger partial charge < -0.3 is 10.6 Å². The van der Waals surface area contributed by atoms with Gasteiger partial charge in [0.05, 0.1) is 5.69 Å². The van der Waals surface area contributed by atoms with Gasteiger partial charge in [-0.25, -0.2) is 4.98 Å². The monoisotopic (exact) mass is 450 g/mol. The van der Waals surface area contributed by atoms with E-state index in [0.717, 1.165) is 11.3 Å². The highest BCUT2D eigenvalue weighted by Gasteiger charge is 2.15. The molecule has 3 amide bonds. The lowest BCUT2D eigenvalue weighted by Crippen LogP contribution is -2.15. The maximum absolute atomic E-state index is 12.8. The van der Waals surface area contributed by atoms with Crippen molar-refractivity contribution in [3.05, 3.63) is 59.0 Å². The molecule has 0 unspecified atom stereocenters. The van der Waals surface area contributed by atoms with Crippen LogP contribution in [0.4, 0.5) is 16.5 Å². The first-order valence-corrected chi connectivity index (χ1v) is 11.0. The molecular weight excluding hydrogens is 424 g/mol. The summed E-state index contributed by atoms with van der Waals surface area (Å²) in [5.41, 5.74) is 4.15. The highest BCUT2D eigenvalue weighted by atomic mass is 32.1.